The van der Waals surface area contributed by atoms with E-state index in [2.05, 4.69) is 48.7 Å². The first-order valence-corrected chi connectivity index (χ1v) is 7.51. The molecule has 1 aliphatic heterocycles. The van der Waals surface area contributed by atoms with Crippen molar-refractivity contribution in [1.82, 2.24) is 10.6 Å². The number of nitrogens with one attached hydrogen (secondary N) is 2. The second-order valence-corrected chi connectivity index (χ2v) is 6.54. The minimum Gasteiger partial charge on any atom is -0.353 e. The molecule has 0 radical (unpaired) electrons. The van der Waals surface area contributed by atoms with Crippen LogP contribution in [0.15, 0.2) is 24.3 Å². The number of piperidine rings is 1. The molecule has 1 aliphatic rings. The van der Waals surface area contributed by atoms with Gasteiger partial charge in [0.25, 0.3) is 0 Å². The third-order valence-corrected chi connectivity index (χ3v) is 4.30. The fourth-order valence-electron chi connectivity index (χ4n) is 2.73. The van der Waals surface area contributed by atoms with Gasteiger partial charge in [0.05, 0.1) is 5.41 Å². The molecule has 1 saturated heterocycles. The number of halogens is 1. The topological polar surface area (TPSA) is 41.1 Å². The summed E-state index contributed by atoms with van der Waals surface area (Å²) in [6, 6.07) is 9.02. The molecule has 2 rings (SSSR count). The van der Waals surface area contributed by atoms with E-state index >= 15 is 0 Å². The third-order valence-electron chi connectivity index (χ3n) is 4.30. The molecule has 2 atom stereocenters. The van der Waals surface area contributed by atoms with Gasteiger partial charge in [-0.2, -0.15) is 0 Å². The number of hydrogen-bond acceptors (Lipinski definition) is 2. The van der Waals surface area contributed by atoms with Crippen LogP contribution in [-0.2, 0) is 10.2 Å². The lowest BCUT2D eigenvalue weighted by molar-refractivity contribution is -0.126. The average molecular weight is 311 g/mol. The SMILES string of the molecule is Cc1ccc(C(C)(C)C(=O)NC2CCNC(C)C2)cc1.Cl. The van der Waals surface area contributed by atoms with Crippen molar-refractivity contribution in [3.63, 3.8) is 0 Å². The number of aryl methyl sites for hydroxylation is 1. The summed E-state index contributed by atoms with van der Waals surface area (Å²) < 4.78 is 0. The third kappa shape index (κ3) is 4.45. The number of amides is 1. The normalized spacial score (nSPS) is 22.3. The zero-order valence-corrected chi connectivity index (χ0v) is 14.2. The molecule has 3 nitrogen and oxygen atoms in total. The first kappa shape index (κ1) is 18.0. The summed E-state index contributed by atoms with van der Waals surface area (Å²) in [4.78, 5) is 12.6. The van der Waals surface area contributed by atoms with E-state index in [1.165, 1.54) is 5.56 Å². The Balaban J connectivity index is 0.00000220. The standard InChI is InChI=1S/C17H26N2O.ClH/c1-12-5-7-14(8-6-12)17(3,4)16(20)19-15-9-10-18-13(2)11-15;/h5-8,13,15,18H,9-11H2,1-4H3,(H,19,20);1H. The molecule has 1 amide bonds. The molecule has 21 heavy (non-hydrogen) atoms. The van der Waals surface area contributed by atoms with Gasteiger partial charge in [-0.25, -0.2) is 0 Å². The van der Waals surface area contributed by atoms with E-state index in [9.17, 15) is 4.79 Å². The van der Waals surface area contributed by atoms with Crippen LogP contribution in [-0.4, -0.2) is 24.5 Å². The van der Waals surface area contributed by atoms with E-state index in [1.54, 1.807) is 0 Å². The minimum absolute atomic E-state index is 0. The quantitative estimate of drug-likeness (QED) is 0.901. The molecule has 118 valence electrons. The Morgan fingerprint density at radius 1 is 1.29 bits per heavy atom. The van der Waals surface area contributed by atoms with E-state index in [0.717, 1.165) is 24.9 Å². The second-order valence-electron chi connectivity index (χ2n) is 6.54. The van der Waals surface area contributed by atoms with E-state index in [-0.39, 0.29) is 18.3 Å². The van der Waals surface area contributed by atoms with Gasteiger partial charge in [-0.15, -0.1) is 12.4 Å². The predicted octanol–water partition coefficient (Wildman–Crippen LogP) is 2.95. The maximum absolute atomic E-state index is 12.6. The van der Waals surface area contributed by atoms with Gasteiger partial charge in [-0.1, -0.05) is 29.8 Å². The summed E-state index contributed by atoms with van der Waals surface area (Å²) in [7, 11) is 0. The molecule has 2 N–H and O–H groups in total. The molecule has 4 heteroatoms. The van der Waals surface area contributed by atoms with Gasteiger partial charge in [-0.05, 0) is 52.6 Å². The highest BCUT2D eigenvalue weighted by atomic mass is 35.5. The second kappa shape index (κ2) is 7.28. The Labute approximate surface area is 134 Å². The molecular formula is C17H27ClN2O. The maximum Gasteiger partial charge on any atom is 0.230 e. The van der Waals surface area contributed by atoms with Crippen molar-refractivity contribution >= 4 is 18.3 Å². The van der Waals surface area contributed by atoms with Crippen LogP contribution in [0.2, 0.25) is 0 Å². The highest BCUT2D eigenvalue weighted by molar-refractivity contribution is 5.87. The lowest BCUT2D eigenvalue weighted by Gasteiger charge is -2.32. The summed E-state index contributed by atoms with van der Waals surface area (Å²) >= 11 is 0. The smallest absolute Gasteiger partial charge is 0.230 e. The first-order chi connectivity index (χ1) is 9.39. The van der Waals surface area contributed by atoms with Crippen LogP contribution in [0.3, 0.4) is 0 Å². The Morgan fingerprint density at radius 2 is 1.90 bits per heavy atom. The Bertz CT molecular complexity index is 470. The number of carbonyl (C=O) groups is 1. The fraction of sp³-hybridized carbons (Fsp3) is 0.588. The summed E-state index contributed by atoms with van der Waals surface area (Å²) in [6.07, 6.45) is 2.02. The largest absolute Gasteiger partial charge is 0.353 e. The van der Waals surface area contributed by atoms with Crippen LogP contribution in [0.5, 0.6) is 0 Å². The summed E-state index contributed by atoms with van der Waals surface area (Å²) in [5.41, 5.74) is 1.81. The molecule has 1 aromatic carbocycles. The van der Waals surface area contributed by atoms with E-state index in [1.807, 2.05) is 13.8 Å². The lowest BCUT2D eigenvalue weighted by Crippen LogP contribution is -2.50. The van der Waals surface area contributed by atoms with Gasteiger partial charge < -0.3 is 10.6 Å². The zero-order chi connectivity index (χ0) is 14.8. The van der Waals surface area contributed by atoms with Gasteiger partial charge in [-0.3, -0.25) is 4.79 Å². The molecule has 0 saturated carbocycles. The van der Waals surface area contributed by atoms with Gasteiger partial charge in [0, 0.05) is 12.1 Å². The van der Waals surface area contributed by atoms with Crippen molar-refractivity contribution in [3.05, 3.63) is 35.4 Å². The molecule has 0 aliphatic carbocycles. The Kier molecular flexibility index (Phi) is 6.24. The van der Waals surface area contributed by atoms with Crippen molar-refractivity contribution < 1.29 is 4.79 Å². The molecule has 1 heterocycles. The number of carbonyl (C=O) groups excluding carboxylic acids is 1. The highest BCUT2D eigenvalue weighted by Gasteiger charge is 2.32. The molecule has 0 bridgehead atoms. The highest BCUT2D eigenvalue weighted by Crippen LogP contribution is 2.24. The number of rotatable bonds is 3. The van der Waals surface area contributed by atoms with Crippen molar-refractivity contribution in [3.8, 4) is 0 Å². The van der Waals surface area contributed by atoms with Gasteiger partial charge in [0.1, 0.15) is 0 Å². The van der Waals surface area contributed by atoms with Crippen molar-refractivity contribution in [1.29, 1.82) is 0 Å². The molecule has 0 spiro atoms. The fourth-order valence-corrected chi connectivity index (χ4v) is 2.73. The Morgan fingerprint density at radius 3 is 2.48 bits per heavy atom. The molecule has 0 aromatic heterocycles. The maximum atomic E-state index is 12.6. The minimum atomic E-state index is -0.484. The molecule has 2 unspecified atom stereocenters. The summed E-state index contributed by atoms with van der Waals surface area (Å²) in [5, 5.41) is 6.63. The summed E-state index contributed by atoms with van der Waals surface area (Å²) in [6.45, 7) is 9.21. The van der Waals surface area contributed by atoms with Crippen molar-refractivity contribution in [2.24, 2.45) is 0 Å². The van der Waals surface area contributed by atoms with E-state index in [0.29, 0.717) is 12.1 Å². The number of benzene rings is 1. The molecule has 1 fully saturated rings. The van der Waals surface area contributed by atoms with E-state index in [4.69, 9.17) is 0 Å². The van der Waals surface area contributed by atoms with Gasteiger partial charge >= 0.3 is 0 Å². The summed E-state index contributed by atoms with van der Waals surface area (Å²) in [5.74, 6) is 0.125. The zero-order valence-electron chi connectivity index (χ0n) is 13.4. The average Bonchev–Trinajstić information content (AvgIpc) is 2.39. The van der Waals surface area contributed by atoms with Crippen LogP contribution in [0.1, 0.15) is 44.7 Å². The Hall–Kier alpha value is -1.06. The monoisotopic (exact) mass is 310 g/mol. The number of hydrogen-bond donors (Lipinski definition) is 2. The van der Waals surface area contributed by atoms with Gasteiger partial charge in [0.2, 0.25) is 5.91 Å². The van der Waals surface area contributed by atoms with Crippen molar-refractivity contribution in [2.75, 3.05) is 6.54 Å². The van der Waals surface area contributed by atoms with Crippen LogP contribution in [0.4, 0.5) is 0 Å². The van der Waals surface area contributed by atoms with Crippen LogP contribution < -0.4 is 10.6 Å². The lowest BCUT2D eigenvalue weighted by atomic mass is 9.83. The molecular weight excluding hydrogens is 284 g/mol. The van der Waals surface area contributed by atoms with Crippen molar-refractivity contribution in [2.45, 2.75) is 58.0 Å². The van der Waals surface area contributed by atoms with Crippen LogP contribution >= 0.6 is 12.4 Å². The molecule has 1 aromatic rings. The van der Waals surface area contributed by atoms with E-state index < -0.39 is 5.41 Å². The van der Waals surface area contributed by atoms with Gasteiger partial charge in [0.15, 0.2) is 0 Å². The first-order valence-electron chi connectivity index (χ1n) is 7.51. The van der Waals surface area contributed by atoms with Crippen LogP contribution in [0.25, 0.3) is 0 Å². The predicted molar refractivity (Wildman–Crippen MR) is 90.1 cm³/mol. The van der Waals surface area contributed by atoms with Crippen LogP contribution in [0, 0.1) is 6.92 Å².